The zero-order valence-electron chi connectivity index (χ0n) is 17.3. The number of hydrogen-bond acceptors (Lipinski definition) is 6. The molecular weight excluding hydrogens is 366 g/mol. The first-order valence-corrected chi connectivity index (χ1v) is 11.2. The normalized spacial score (nSPS) is 24.5. The van der Waals surface area contributed by atoms with Gasteiger partial charge in [0.15, 0.2) is 0 Å². The van der Waals surface area contributed by atoms with Crippen LogP contribution < -0.4 is 10.9 Å². The van der Waals surface area contributed by atoms with Gasteiger partial charge in [0.1, 0.15) is 5.65 Å². The monoisotopic (exact) mass is 397 g/mol. The Hall–Kier alpha value is -1.99. The summed E-state index contributed by atoms with van der Waals surface area (Å²) in [6.07, 6.45) is 9.75. The Morgan fingerprint density at radius 1 is 1.10 bits per heavy atom. The summed E-state index contributed by atoms with van der Waals surface area (Å²) >= 11 is 0. The highest BCUT2D eigenvalue weighted by Gasteiger charge is 2.30. The van der Waals surface area contributed by atoms with E-state index in [1.807, 2.05) is 17.7 Å². The third kappa shape index (κ3) is 3.78. The summed E-state index contributed by atoms with van der Waals surface area (Å²) in [5.41, 5.74) is 1.81. The number of ether oxygens (including phenoxy) is 1. The van der Waals surface area contributed by atoms with Crippen LogP contribution in [0.2, 0.25) is 0 Å². The second-order valence-electron chi connectivity index (χ2n) is 8.87. The molecular formula is C22H31N5O2. The van der Waals surface area contributed by atoms with E-state index in [0.717, 1.165) is 75.0 Å². The third-order valence-electron chi connectivity index (χ3n) is 6.95. The number of aryl methyl sites for hydroxylation is 1. The lowest BCUT2D eigenvalue weighted by atomic mass is 10.1. The average Bonchev–Trinajstić information content (AvgIpc) is 3.41. The van der Waals surface area contributed by atoms with Crippen molar-refractivity contribution < 1.29 is 4.74 Å². The van der Waals surface area contributed by atoms with Gasteiger partial charge in [-0.1, -0.05) is 12.8 Å². The van der Waals surface area contributed by atoms with Crippen LogP contribution in [0.3, 0.4) is 0 Å². The minimum atomic E-state index is 0.0677. The molecule has 0 spiro atoms. The van der Waals surface area contributed by atoms with Crippen molar-refractivity contribution in [2.75, 3.05) is 31.6 Å². The van der Waals surface area contributed by atoms with E-state index in [2.05, 4.69) is 15.2 Å². The van der Waals surface area contributed by atoms with E-state index >= 15 is 0 Å². The van der Waals surface area contributed by atoms with Crippen LogP contribution in [0.25, 0.3) is 11.0 Å². The molecule has 1 aliphatic carbocycles. The van der Waals surface area contributed by atoms with Gasteiger partial charge < -0.3 is 10.1 Å². The molecule has 29 heavy (non-hydrogen) atoms. The van der Waals surface area contributed by atoms with Gasteiger partial charge in [0.05, 0.1) is 0 Å². The molecule has 1 unspecified atom stereocenters. The lowest BCUT2D eigenvalue weighted by molar-refractivity contribution is 0.0421. The molecule has 4 heterocycles. The van der Waals surface area contributed by atoms with E-state index in [4.69, 9.17) is 9.72 Å². The summed E-state index contributed by atoms with van der Waals surface area (Å²) in [6.45, 7) is 5.87. The number of anilines is 1. The fraction of sp³-hybridized carbons (Fsp3) is 0.682. The molecule has 0 amide bonds. The summed E-state index contributed by atoms with van der Waals surface area (Å²) in [7, 11) is 0. The molecule has 2 aliphatic heterocycles. The van der Waals surface area contributed by atoms with Crippen LogP contribution in [0, 0.1) is 6.92 Å². The predicted octanol–water partition coefficient (Wildman–Crippen LogP) is 2.88. The Bertz CT molecular complexity index is 931. The number of fused-ring (bicyclic) bond motifs is 1. The van der Waals surface area contributed by atoms with Crippen molar-refractivity contribution in [2.24, 2.45) is 0 Å². The highest BCUT2D eigenvalue weighted by molar-refractivity contribution is 5.79. The van der Waals surface area contributed by atoms with Gasteiger partial charge in [-0.2, -0.15) is 4.98 Å². The van der Waals surface area contributed by atoms with E-state index in [0.29, 0.717) is 18.0 Å². The molecule has 3 fully saturated rings. The molecule has 7 heteroatoms. The van der Waals surface area contributed by atoms with Gasteiger partial charge in [-0.25, -0.2) is 4.98 Å². The van der Waals surface area contributed by atoms with Crippen molar-refractivity contribution in [3.63, 3.8) is 0 Å². The highest BCUT2D eigenvalue weighted by atomic mass is 16.5. The van der Waals surface area contributed by atoms with E-state index in [9.17, 15) is 4.79 Å². The molecule has 1 N–H and O–H groups in total. The average molecular weight is 398 g/mol. The SMILES string of the molecule is Cc1cc(=O)n(C2CCCC2)c2nc(NC3CCN(C4CCOCC4)C3)ncc12. The van der Waals surface area contributed by atoms with Gasteiger partial charge in [0.25, 0.3) is 5.56 Å². The Balaban J connectivity index is 1.38. The Morgan fingerprint density at radius 2 is 1.90 bits per heavy atom. The van der Waals surface area contributed by atoms with Gasteiger partial charge in [-0.3, -0.25) is 14.3 Å². The molecule has 0 bridgehead atoms. The number of nitrogens with zero attached hydrogens (tertiary/aromatic N) is 4. The first kappa shape index (κ1) is 19.0. The van der Waals surface area contributed by atoms with E-state index in [1.165, 1.54) is 12.8 Å². The zero-order valence-corrected chi connectivity index (χ0v) is 17.3. The molecule has 156 valence electrons. The molecule has 1 atom stereocenters. The summed E-state index contributed by atoms with van der Waals surface area (Å²) in [4.78, 5) is 24.8. The topological polar surface area (TPSA) is 72.3 Å². The molecule has 2 aromatic rings. The number of hydrogen-bond donors (Lipinski definition) is 1. The van der Waals surface area contributed by atoms with Crippen LogP contribution in [-0.4, -0.2) is 57.8 Å². The van der Waals surface area contributed by atoms with Crippen molar-refractivity contribution >= 4 is 17.0 Å². The van der Waals surface area contributed by atoms with Gasteiger partial charge in [-0.05, 0) is 44.6 Å². The lowest BCUT2D eigenvalue weighted by Crippen LogP contribution is -2.39. The van der Waals surface area contributed by atoms with Crippen molar-refractivity contribution in [1.82, 2.24) is 19.4 Å². The third-order valence-corrected chi connectivity index (χ3v) is 6.95. The Morgan fingerprint density at radius 3 is 2.69 bits per heavy atom. The van der Waals surface area contributed by atoms with Crippen molar-refractivity contribution in [2.45, 2.75) is 70.0 Å². The number of pyridine rings is 1. The van der Waals surface area contributed by atoms with E-state index in [1.54, 1.807) is 6.07 Å². The largest absolute Gasteiger partial charge is 0.381 e. The maximum absolute atomic E-state index is 12.8. The molecule has 7 nitrogen and oxygen atoms in total. The minimum absolute atomic E-state index is 0.0677. The van der Waals surface area contributed by atoms with Gasteiger partial charge in [0.2, 0.25) is 5.95 Å². The standard InChI is InChI=1S/C22H31N5O2/c1-15-12-20(28)27(18-4-2-3-5-18)21-19(15)13-23-22(25-21)24-16-6-9-26(14-16)17-7-10-29-11-8-17/h12-13,16-18H,2-11,14H2,1H3,(H,23,24,25). The Kier molecular flexibility index (Phi) is 5.26. The van der Waals surface area contributed by atoms with Crippen molar-refractivity contribution in [1.29, 1.82) is 0 Å². The maximum atomic E-state index is 12.8. The summed E-state index contributed by atoms with van der Waals surface area (Å²) in [6, 6.07) is 3.00. The van der Waals surface area contributed by atoms with Crippen LogP contribution in [-0.2, 0) is 4.74 Å². The quantitative estimate of drug-likeness (QED) is 0.855. The predicted molar refractivity (Wildman–Crippen MR) is 113 cm³/mol. The molecule has 1 saturated carbocycles. The first-order valence-electron chi connectivity index (χ1n) is 11.2. The van der Waals surface area contributed by atoms with Gasteiger partial charge >= 0.3 is 0 Å². The second kappa shape index (κ2) is 8.03. The van der Waals surface area contributed by atoms with Gasteiger partial charge in [0, 0.05) is 62.1 Å². The number of likely N-dealkylation sites (tertiary alicyclic amines) is 1. The van der Waals surface area contributed by atoms with Crippen LogP contribution in [0.5, 0.6) is 0 Å². The molecule has 2 saturated heterocycles. The molecule has 2 aromatic heterocycles. The molecule has 0 radical (unpaired) electrons. The maximum Gasteiger partial charge on any atom is 0.252 e. The molecule has 0 aromatic carbocycles. The summed E-state index contributed by atoms with van der Waals surface area (Å²) < 4.78 is 7.43. The Labute approximate surface area is 171 Å². The van der Waals surface area contributed by atoms with Crippen LogP contribution in [0.1, 0.15) is 56.6 Å². The fourth-order valence-electron chi connectivity index (χ4n) is 5.33. The van der Waals surface area contributed by atoms with Crippen molar-refractivity contribution in [3.8, 4) is 0 Å². The smallest absolute Gasteiger partial charge is 0.252 e. The minimum Gasteiger partial charge on any atom is -0.381 e. The number of nitrogens with one attached hydrogen (secondary N) is 1. The van der Waals surface area contributed by atoms with Crippen LogP contribution >= 0.6 is 0 Å². The summed E-state index contributed by atoms with van der Waals surface area (Å²) in [5.74, 6) is 0.646. The summed E-state index contributed by atoms with van der Waals surface area (Å²) in [5, 5.41) is 4.53. The second-order valence-corrected chi connectivity index (χ2v) is 8.87. The number of rotatable bonds is 4. The first-order chi connectivity index (χ1) is 14.2. The fourth-order valence-corrected chi connectivity index (χ4v) is 5.33. The van der Waals surface area contributed by atoms with Crippen LogP contribution in [0.4, 0.5) is 5.95 Å². The zero-order chi connectivity index (χ0) is 19.8. The molecule has 5 rings (SSSR count). The van der Waals surface area contributed by atoms with Gasteiger partial charge in [-0.15, -0.1) is 0 Å². The van der Waals surface area contributed by atoms with E-state index < -0.39 is 0 Å². The number of aromatic nitrogens is 3. The van der Waals surface area contributed by atoms with Crippen molar-refractivity contribution in [3.05, 3.63) is 28.2 Å². The highest BCUT2D eigenvalue weighted by Crippen LogP contribution is 2.31. The van der Waals surface area contributed by atoms with E-state index in [-0.39, 0.29) is 11.6 Å². The lowest BCUT2D eigenvalue weighted by Gasteiger charge is -2.31. The molecule has 3 aliphatic rings. The van der Waals surface area contributed by atoms with Crippen LogP contribution in [0.15, 0.2) is 17.1 Å².